The average Bonchev–Trinajstić information content (AvgIpc) is 2.87. The zero-order valence-corrected chi connectivity index (χ0v) is 9.46. The van der Waals surface area contributed by atoms with Gasteiger partial charge < -0.3 is 10.2 Å². The van der Waals surface area contributed by atoms with Crippen LogP contribution in [0.3, 0.4) is 0 Å². The van der Waals surface area contributed by atoms with E-state index in [9.17, 15) is 4.79 Å². The molecule has 4 nitrogen and oxygen atoms in total. The minimum Gasteiger partial charge on any atom is -0.464 e. The summed E-state index contributed by atoms with van der Waals surface area (Å²) < 4.78 is 5.33. The number of carbonyl (C=O) groups is 1. The van der Waals surface area contributed by atoms with Gasteiger partial charge in [-0.05, 0) is 24.3 Å². The Hall–Kier alpha value is -2.62. The molecule has 0 spiro atoms. The molecule has 0 bridgehead atoms. The Balaban J connectivity index is 2.14. The van der Waals surface area contributed by atoms with E-state index in [2.05, 4.69) is 4.98 Å². The van der Waals surface area contributed by atoms with E-state index >= 15 is 0 Å². The summed E-state index contributed by atoms with van der Waals surface area (Å²) in [7, 11) is 0. The lowest BCUT2D eigenvalue weighted by molar-refractivity contribution is 0.100. The van der Waals surface area contributed by atoms with Gasteiger partial charge in [0.15, 0.2) is 0 Å². The summed E-state index contributed by atoms with van der Waals surface area (Å²) in [5.74, 6) is -0.434. The van der Waals surface area contributed by atoms with Gasteiger partial charge in [0.1, 0.15) is 5.58 Å². The minimum atomic E-state index is -0.434. The van der Waals surface area contributed by atoms with Crippen LogP contribution in [0.15, 0.2) is 53.3 Å². The lowest BCUT2D eigenvalue weighted by atomic mass is 10.1. The van der Waals surface area contributed by atoms with Gasteiger partial charge in [-0.3, -0.25) is 9.78 Å². The molecule has 2 aromatic heterocycles. The van der Waals surface area contributed by atoms with E-state index in [4.69, 9.17) is 10.2 Å². The van der Waals surface area contributed by atoms with Crippen LogP contribution in [-0.4, -0.2) is 10.9 Å². The predicted octanol–water partition coefficient (Wildman–Crippen LogP) is 2.59. The van der Waals surface area contributed by atoms with Crippen molar-refractivity contribution >= 4 is 16.9 Å². The largest absolute Gasteiger partial charge is 0.464 e. The van der Waals surface area contributed by atoms with Crippen LogP contribution in [0.1, 0.15) is 10.4 Å². The van der Waals surface area contributed by atoms with Gasteiger partial charge in [0.25, 0.3) is 0 Å². The zero-order valence-electron chi connectivity index (χ0n) is 9.46. The highest BCUT2D eigenvalue weighted by molar-refractivity contribution is 5.95. The van der Waals surface area contributed by atoms with E-state index < -0.39 is 5.91 Å². The molecule has 0 radical (unpaired) electrons. The van der Waals surface area contributed by atoms with Crippen LogP contribution < -0.4 is 5.73 Å². The fraction of sp³-hybridized carbons (Fsp3) is 0. The van der Waals surface area contributed by atoms with Crippen molar-refractivity contribution < 1.29 is 9.21 Å². The third-order valence-corrected chi connectivity index (χ3v) is 2.82. The van der Waals surface area contributed by atoms with Gasteiger partial charge in [0, 0.05) is 22.7 Å². The fourth-order valence-electron chi connectivity index (χ4n) is 1.92. The molecule has 1 amide bonds. The van der Waals surface area contributed by atoms with Crippen molar-refractivity contribution in [2.45, 2.75) is 0 Å². The number of carbonyl (C=O) groups excluding carboxylic acids is 1. The number of furan rings is 1. The van der Waals surface area contributed by atoms with Gasteiger partial charge in [0.2, 0.25) is 5.91 Å². The molecule has 0 aliphatic heterocycles. The van der Waals surface area contributed by atoms with Crippen molar-refractivity contribution in [3.05, 3.63) is 54.4 Å². The summed E-state index contributed by atoms with van der Waals surface area (Å²) >= 11 is 0. The van der Waals surface area contributed by atoms with Gasteiger partial charge in [0.05, 0.1) is 12.0 Å². The Morgan fingerprint density at radius 1 is 1.11 bits per heavy atom. The van der Waals surface area contributed by atoms with Gasteiger partial charge in [-0.25, -0.2) is 0 Å². The number of amides is 1. The first kappa shape index (κ1) is 10.5. The molecule has 0 unspecified atom stereocenters. The molecule has 3 rings (SSSR count). The predicted molar refractivity (Wildman–Crippen MR) is 68.0 cm³/mol. The first-order valence-electron chi connectivity index (χ1n) is 5.48. The van der Waals surface area contributed by atoms with E-state index in [-0.39, 0.29) is 0 Å². The molecular weight excluding hydrogens is 228 g/mol. The molecular formula is C14H10N2O2. The van der Waals surface area contributed by atoms with E-state index in [0.29, 0.717) is 5.56 Å². The monoisotopic (exact) mass is 238 g/mol. The molecule has 0 saturated heterocycles. The first-order chi connectivity index (χ1) is 8.75. The van der Waals surface area contributed by atoms with E-state index in [1.165, 1.54) is 0 Å². The molecule has 0 saturated carbocycles. The van der Waals surface area contributed by atoms with Crippen molar-refractivity contribution in [1.82, 2.24) is 4.98 Å². The zero-order chi connectivity index (χ0) is 12.5. The first-order valence-corrected chi connectivity index (χ1v) is 5.48. The van der Waals surface area contributed by atoms with Crippen LogP contribution in [0.5, 0.6) is 0 Å². The smallest absolute Gasteiger partial charge is 0.248 e. The molecule has 0 fully saturated rings. The van der Waals surface area contributed by atoms with Crippen LogP contribution in [0.2, 0.25) is 0 Å². The number of primary amides is 1. The number of fused-ring (bicyclic) bond motifs is 1. The van der Waals surface area contributed by atoms with E-state index in [0.717, 1.165) is 22.2 Å². The summed E-state index contributed by atoms with van der Waals surface area (Å²) in [6.07, 6.45) is 3.33. The van der Waals surface area contributed by atoms with Crippen LogP contribution in [0, 0.1) is 0 Å². The number of aromatic nitrogens is 1. The van der Waals surface area contributed by atoms with Crippen LogP contribution in [0.4, 0.5) is 0 Å². The number of nitrogens with two attached hydrogens (primary N) is 1. The lowest BCUT2D eigenvalue weighted by Crippen LogP contribution is -2.10. The van der Waals surface area contributed by atoms with Crippen molar-refractivity contribution in [1.29, 1.82) is 0 Å². The Morgan fingerprint density at radius 3 is 2.61 bits per heavy atom. The fourth-order valence-corrected chi connectivity index (χ4v) is 1.92. The van der Waals surface area contributed by atoms with Gasteiger partial charge >= 0.3 is 0 Å². The van der Waals surface area contributed by atoms with Crippen molar-refractivity contribution in [2.24, 2.45) is 5.73 Å². The SMILES string of the molecule is NC(=O)c1ccc(-c2nccc3occc23)cc1. The Kier molecular flexibility index (Phi) is 2.34. The molecule has 2 N–H and O–H groups in total. The maximum absolute atomic E-state index is 11.0. The lowest BCUT2D eigenvalue weighted by Gasteiger charge is -2.02. The summed E-state index contributed by atoms with van der Waals surface area (Å²) in [5, 5.41) is 0.948. The number of hydrogen-bond acceptors (Lipinski definition) is 3. The Bertz CT molecular complexity index is 714. The second-order valence-corrected chi connectivity index (χ2v) is 3.93. The standard InChI is InChI=1S/C14H10N2O2/c15-14(17)10-3-1-9(2-4-10)13-11-6-8-18-12(11)5-7-16-13/h1-8H,(H2,15,17). The van der Waals surface area contributed by atoms with Crippen LogP contribution in [-0.2, 0) is 0 Å². The number of pyridine rings is 1. The molecule has 88 valence electrons. The highest BCUT2D eigenvalue weighted by Gasteiger charge is 2.08. The summed E-state index contributed by atoms with van der Waals surface area (Å²) in [6.45, 7) is 0. The van der Waals surface area contributed by atoms with E-state index in [1.54, 1.807) is 24.6 Å². The van der Waals surface area contributed by atoms with Crippen LogP contribution in [0.25, 0.3) is 22.2 Å². The number of nitrogens with zero attached hydrogens (tertiary/aromatic N) is 1. The third kappa shape index (κ3) is 1.64. The van der Waals surface area contributed by atoms with E-state index in [1.807, 2.05) is 24.3 Å². The van der Waals surface area contributed by atoms with Gasteiger partial charge in [-0.1, -0.05) is 12.1 Å². The summed E-state index contributed by atoms with van der Waals surface area (Å²) in [4.78, 5) is 15.4. The molecule has 0 aliphatic rings. The molecule has 3 aromatic rings. The number of hydrogen-bond donors (Lipinski definition) is 1. The third-order valence-electron chi connectivity index (χ3n) is 2.82. The molecule has 0 aliphatic carbocycles. The van der Waals surface area contributed by atoms with Gasteiger partial charge in [-0.15, -0.1) is 0 Å². The van der Waals surface area contributed by atoms with Crippen molar-refractivity contribution in [3.8, 4) is 11.3 Å². The van der Waals surface area contributed by atoms with Crippen molar-refractivity contribution in [3.63, 3.8) is 0 Å². The van der Waals surface area contributed by atoms with Gasteiger partial charge in [-0.2, -0.15) is 0 Å². The maximum Gasteiger partial charge on any atom is 0.248 e. The quantitative estimate of drug-likeness (QED) is 0.746. The number of rotatable bonds is 2. The highest BCUT2D eigenvalue weighted by Crippen LogP contribution is 2.27. The highest BCUT2D eigenvalue weighted by atomic mass is 16.3. The maximum atomic E-state index is 11.0. The Labute approximate surface area is 103 Å². The summed E-state index contributed by atoms with van der Waals surface area (Å²) in [5.41, 5.74) is 8.24. The van der Waals surface area contributed by atoms with Crippen molar-refractivity contribution in [2.75, 3.05) is 0 Å². The molecule has 2 heterocycles. The molecule has 18 heavy (non-hydrogen) atoms. The Morgan fingerprint density at radius 2 is 1.89 bits per heavy atom. The normalized spacial score (nSPS) is 10.7. The van der Waals surface area contributed by atoms with Crippen LogP contribution >= 0.6 is 0 Å². The molecule has 0 atom stereocenters. The molecule has 4 heteroatoms. The number of benzene rings is 1. The summed E-state index contributed by atoms with van der Waals surface area (Å²) in [6, 6.07) is 10.7. The minimum absolute atomic E-state index is 0.434. The average molecular weight is 238 g/mol. The second kappa shape index (κ2) is 4.00. The molecule has 1 aromatic carbocycles. The second-order valence-electron chi connectivity index (χ2n) is 3.93. The topological polar surface area (TPSA) is 69.1 Å².